The number of amides is 1. The Labute approximate surface area is 132 Å². The number of rotatable bonds is 4. The zero-order chi connectivity index (χ0) is 14.8. The molecule has 4 nitrogen and oxygen atoms in total. The van der Waals surface area contributed by atoms with Crippen molar-refractivity contribution >= 4 is 39.1 Å². The Morgan fingerprint density at radius 1 is 1.65 bits per heavy atom. The molecule has 6 heteroatoms. The molecule has 1 aromatic rings. The fourth-order valence-electron chi connectivity index (χ4n) is 2.82. The highest BCUT2D eigenvalue weighted by Gasteiger charge is 2.45. The smallest absolute Gasteiger partial charge is 0.243 e. The molecule has 20 heavy (non-hydrogen) atoms. The number of carbonyl (C=O) groups excluding carboxylic acids is 1. The van der Waals surface area contributed by atoms with Crippen LogP contribution in [0.3, 0.4) is 0 Å². The summed E-state index contributed by atoms with van der Waals surface area (Å²) in [7, 11) is 0. The first-order valence-electron chi connectivity index (χ1n) is 6.73. The molecule has 1 amide bonds. The molecule has 1 aliphatic rings. The molecule has 0 saturated carbocycles. The van der Waals surface area contributed by atoms with E-state index in [1.54, 1.807) is 6.07 Å². The normalized spacial score (nSPS) is 26.2. The zero-order valence-electron chi connectivity index (χ0n) is 11.4. The molecule has 1 aliphatic heterocycles. The minimum absolute atomic E-state index is 0.170. The van der Waals surface area contributed by atoms with Gasteiger partial charge in [-0.25, -0.2) is 0 Å². The Hall–Kier alpha value is -0.780. The summed E-state index contributed by atoms with van der Waals surface area (Å²) in [5, 5.41) is 7.32. The van der Waals surface area contributed by atoms with Crippen LogP contribution in [-0.4, -0.2) is 24.5 Å². The van der Waals surface area contributed by atoms with Gasteiger partial charge in [0.1, 0.15) is 5.54 Å². The summed E-state index contributed by atoms with van der Waals surface area (Å²) in [6, 6.07) is 5.54. The lowest BCUT2D eigenvalue weighted by atomic mass is 9.76. The minimum atomic E-state index is -0.701. The maximum Gasteiger partial charge on any atom is 0.243 e. The molecular weight excluding hydrogens is 342 g/mol. The molecule has 0 radical (unpaired) electrons. The number of carbonyl (C=O) groups is 1. The number of halogens is 2. The van der Waals surface area contributed by atoms with E-state index in [0.29, 0.717) is 11.4 Å². The summed E-state index contributed by atoms with van der Waals surface area (Å²) < 4.78 is 0.797. The van der Waals surface area contributed by atoms with Crippen molar-refractivity contribution in [3.05, 3.63) is 27.7 Å². The average Bonchev–Trinajstić information content (AvgIpc) is 2.43. The molecule has 0 bridgehead atoms. The Kier molecular flexibility index (Phi) is 4.94. The Morgan fingerprint density at radius 2 is 2.40 bits per heavy atom. The molecule has 1 aromatic carbocycles. The number of piperidine rings is 1. The van der Waals surface area contributed by atoms with E-state index >= 15 is 0 Å². The van der Waals surface area contributed by atoms with Gasteiger partial charge in [0.05, 0.1) is 5.02 Å². The highest BCUT2D eigenvalue weighted by atomic mass is 79.9. The molecule has 0 spiro atoms. The van der Waals surface area contributed by atoms with E-state index < -0.39 is 5.54 Å². The van der Waals surface area contributed by atoms with E-state index in [0.717, 1.165) is 29.7 Å². The third-order valence-corrected chi connectivity index (χ3v) is 5.22. The van der Waals surface area contributed by atoms with Gasteiger partial charge in [0.25, 0.3) is 0 Å². The molecule has 4 N–H and O–H groups in total. The number of hydrogen-bond acceptors (Lipinski definition) is 3. The van der Waals surface area contributed by atoms with Crippen LogP contribution >= 0.6 is 27.5 Å². The molecule has 0 aliphatic carbocycles. The summed E-state index contributed by atoms with van der Waals surface area (Å²) in [6.07, 6.45) is 1.57. The van der Waals surface area contributed by atoms with Crippen molar-refractivity contribution in [3.8, 4) is 0 Å². The largest absolute Gasteiger partial charge is 0.371 e. The lowest BCUT2D eigenvalue weighted by Crippen LogP contribution is -2.62. The first-order valence-corrected chi connectivity index (χ1v) is 7.90. The molecule has 1 saturated heterocycles. The molecule has 1 heterocycles. The molecular formula is C14H19BrClN3O. The summed E-state index contributed by atoms with van der Waals surface area (Å²) in [5.74, 6) is -0.125. The van der Waals surface area contributed by atoms with Crippen molar-refractivity contribution in [2.75, 3.05) is 18.4 Å². The molecule has 2 atom stereocenters. The first kappa shape index (κ1) is 15.6. The van der Waals surface area contributed by atoms with Crippen LogP contribution in [0.25, 0.3) is 0 Å². The maximum atomic E-state index is 12.1. The van der Waals surface area contributed by atoms with E-state index in [-0.39, 0.29) is 11.8 Å². The van der Waals surface area contributed by atoms with Crippen LogP contribution in [0.4, 0.5) is 5.69 Å². The number of primary amides is 1. The molecule has 2 rings (SSSR count). The fraction of sp³-hybridized carbons (Fsp3) is 0.500. The summed E-state index contributed by atoms with van der Waals surface area (Å²) >= 11 is 9.40. The van der Waals surface area contributed by atoms with Crippen molar-refractivity contribution in [3.63, 3.8) is 0 Å². The first-order chi connectivity index (χ1) is 9.49. The quantitative estimate of drug-likeness (QED) is 0.773. The monoisotopic (exact) mass is 359 g/mol. The van der Waals surface area contributed by atoms with Crippen molar-refractivity contribution < 1.29 is 4.79 Å². The SMILES string of the molecule is CCC1CNCCC1(Nc1ccc(Cl)c(Br)c1)C(N)=O. The molecule has 110 valence electrons. The maximum absolute atomic E-state index is 12.1. The number of anilines is 1. The summed E-state index contributed by atoms with van der Waals surface area (Å²) in [6.45, 7) is 3.65. The topological polar surface area (TPSA) is 67.2 Å². The van der Waals surface area contributed by atoms with E-state index in [9.17, 15) is 4.79 Å². The second-order valence-electron chi connectivity index (χ2n) is 5.15. The zero-order valence-corrected chi connectivity index (χ0v) is 13.7. The average molecular weight is 361 g/mol. The summed E-state index contributed by atoms with van der Waals surface area (Å²) in [5.41, 5.74) is 5.86. The predicted molar refractivity (Wildman–Crippen MR) is 86.0 cm³/mol. The van der Waals surface area contributed by atoms with Gasteiger partial charge < -0.3 is 16.4 Å². The van der Waals surface area contributed by atoms with Gasteiger partial charge in [-0.3, -0.25) is 4.79 Å². The number of benzene rings is 1. The van der Waals surface area contributed by atoms with Gasteiger partial charge in [0.15, 0.2) is 0 Å². The van der Waals surface area contributed by atoms with Crippen molar-refractivity contribution in [2.45, 2.75) is 25.3 Å². The van der Waals surface area contributed by atoms with Crippen LogP contribution in [0.1, 0.15) is 19.8 Å². The Balaban J connectivity index is 2.32. The van der Waals surface area contributed by atoms with Gasteiger partial charge in [-0.2, -0.15) is 0 Å². The van der Waals surface area contributed by atoms with E-state index in [4.69, 9.17) is 17.3 Å². The standard InChI is InChI=1S/C14H19BrClN3O/c1-2-9-8-18-6-5-14(9,13(17)20)19-10-3-4-12(16)11(15)7-10/h3-4,7,9,18-19H,2,5-6,8H2,1H3,(H2,17,20). The van der Waals surface area contributed by atoms with E-state index in [1.807, 2.05) is 12.1 Å². The van der Waals surface area contributed by atoms with Crippen molar-refractivity contribution in [1.82, 2.24) is 5.32 Å². The van der Waals surface area contributed by atoms with Gasteiger partial charge in [0, 0.05) is 22.6 Å². The minimum Gasteiger partial charge on any atom is -0.371 e. The third kappa shape index (κ3) is 2.95. The third-order valence-electron chi connectivity index (χ3n) is 4.00. The van der Waals surface area contributed by atoms with Crippen LogP contribution in [-0.2, 0) is 4.79 Å². The van der Waals surface area contributed by atoms with Crippen LogP contribution in [0.5, 0.6) is 0 Å². The number of nitrogens with one attached hydrogen (secondary N) is 2. The highest BCUT2D eigenvalue weighted by molar-refractivity contribution is 9.10. The number of nitrogens with two attached hydrogens (primary N) is 1. The lowest BCUT2D eigenvalue weighted by molar-refractivity contribution is -0.125. The molecule has 0 aromatic heterocycles. The van der Waals surface area contributed by atoms with Crippen molar-refractivity contribution in [2.24, 2.45) is 11.7 Å². The van der Waals surface area contributed by atoms with Gasteiger partial charge in [-0.05, 0) is 53.5 Å². The van der Waals surface area contributed by atoms with Gasteiger partial charge in [0.2, 0.25) is 5.91 Å². The van der Waals surface area contributed by atoms with Gasteiger partial charge >= 0.3 is 0 Å². The molecule has 1 fully saturated rings. The van der Waals surface area contributed by atoms with Crippen LogP contribution in [0.2, 0.25) is 5.02 Å². The van der Waals surface area contributed by atoms with Gasteiger partial charge in [-0.15, -0.1) is 0 Å². The molecule has 2 unspecified atom stereocenters. The van der Waals surface area contributed by atoms with Crippen LogP contribution < -0.4 is 16.4 Å². The second kappa shape index (κ2) is 6.33. The second-order valence-corrected chi connectivity index (χ2v) is 6.41. The van der Waals surface area contributed by atoms with E-state index in [2.05, 4.69) is 33.5 Å². The lowest BCUT2D eigenvalue weighted by Gasteiger charge is -2.43. The van der Waals surface area contributed by atoms with Crippen molar-refractivity contribution in [1.29, 1.82) is 0 Å². The Bertz CT molecular complexity index is 511. The van der Waals surface area contributed by atoms with Crippen LogP contribution in [0, 0.1) is 5.92 Å². The van der Waals surface area contributed by atoms with E-state index in [1.165, 1.54) is 0 Å². The Morgan fingerprint density at radius 3 is 3.00 bits per heavy atom. The summed E-state index contributed by atoms with van der Waals surface area (Å²) in [4.78, 5) is 12.1. The fourth-order valence-corrected chi connectivity index (χ4v) is 3.31. The highest BCUT2D eigenvalue weighted by Crippen LogP contribution is 2.33. The number of hydrogen-bond donors (Lipinski definition) is 3. The van der Waals surface area contributed by atoms with Gasteiger partial charge in [-0.1, -0.05) is 18.5 Å². The predicted octanol–water partition coefficient (Wildman–Crippen LogP) is 2.76. The van der Waals surface area contributed by atoms with Crippen LogP contribution in [0.15, 0.2) is 22.7 Å².